The van der Waals surface area contributed by atoms with Gasteiger partial charge in [0.1, 0.15) is 5.75 Å². The molecular weight excluding hydrogens is 235 g/mol. The molecule has 1 aromatic carbocycles. The lowest BCUT2D eigenvalue weighted by Gasteiger charge is -2.11. The maximum Gasteiger partial charge on any atom is 0.573 e. The first-order valence-corrected chi connectivity index (χ1v) is 5.13. The Hall–Kier alpha value is -1.27. The van der Waals surface area contributed by atoms with Crippen molar-refractivity contribution < 1.29 is 23.0 Å². The van der Waals surface area contributed by atoms with E-state index in [-0.39, 0.29) is 5.75 Å². The van der Waals surface area contributed by atoms with E-state index in [1.807, 2.05) is 0 Å². The van der Waals surface area contributed by atoms with Gasteiger partial charge in [-0.3, -0.25) is 0 Å². The second-order valence-corrected chi connectivity index (χ2v) is 3.63. The summed E-state index contributed by atoms with van der Waals surface area (Å²) in [6.45, 7) is 0.371. The molecule has 0 aliphatic carbocycles. The number of aliphatic hydroxyl groups is 1. The number of rotatable bonds is 5. The molecule has 0 saturated carbocycles. The summed E-state index contributed by atoms with van der Waals surface area (Å²) < 4.78 is 39.4. The van der Waals surface area contributed by atoms with Gasteiger partial charge in [-0.2, -0.15) is 0 Å². The number of benzene rings is 1. The molecule has 1 rings (SSSR count). The van der Waals surface area contributed by atoms with Crippen LogP contribution >= 0.6 is 0 Å². The minimum atomic E-state index is -4.68. The third-order valence-electron chi connectivity index (χ3n) is 2.13. The fourth-order valence-corrected chi connectivity index (χ4v) is 1.39. The van der Waals surface area contributed by atoms with Gasteiger partial charge in [0.05, 0.1) is 6.10 Å². The second kappa shape index (κ2) is 5.88. The molecule has 17 heavy (non-hydrogen) atoms. The molecule has 0 heterocycles. The van der Waals surface area contributed by atoms with Gasteiger partial charge in [-0.05, 0) is 37.1 Å². The van der Waals surface area contributed by atoms with Crippen molar-refractivity contribution in [2.75, 3.05) is 6.54 Å². The summed E-state index contributed by atoms with van der Waals surface area (Å²) in [5.74, 6) is -0.269. The Kier molecular flexibility index (Phi) is 4.77. The first kappa shape index (κ1) is 13.8. The molecule has 1 aromatic rings. The number of hydrogen-bond acceptors (Lipinski definition) is 3. The molecule has 1 unspecified atom stereocenters. The third kappa shape index (κ3) is 5.55. The minimum Gasteiger partial charge on any atom is -0.406 e. The van der Waals surface area contributed by atoms with Crippen molar-refractivity contribution in [1.29, 1.82) is 0 Å². The minimum absolute atomic E-state index is 0.269. The highest BCUT2D eigenvalue weighted by Gasteiger charge is 2.30. The van der Waals surface area contributed by atoms with Crippen LogP contribution in [0, 0.1) is 0 Å². The van der Waals surface area contributed by atoms with E-state index in [4.69, 9.17) is 5.73 Å². The van der Waals surface area contributed by atoms with Gasteiger partial charge in [0.2, 0.25) is 0 Å². The summed E-state index contributed by atoms with van der Waals surface area (Å²) in [7, 11) is 0. The first-order valence-electron chi connectivity index (χ1n) is 5.13. The van der Waals surface area contributed by atoms with Crippen LogP contribution < -0.4 is 10.5 Å². The van der Waals surface area contributed by atoms with Crippen molar-refractivity contribution in [2.45, 2.75) is 25.3 Å². The van der Waals surface area contributed by atoms with E-state index in [0.29, 0.717) is 19.4 Å². The number of hydrogen-bond donors (Lipinski definition) is 2. The van der Waals surface area contributed by atoms with E-state index in [9.17, 15) is 18.3 Å². The molecule has 96 valence electrons. The fraction of sp³-hybridized carbons (Fsp3) is 0.455. The van der Waals surface area contributed by atoms with Gasteiger partial charge in [0, 0.05) is 0 Å². The smallest absolute Gasteiger partial charge is 0.406 e. The van der Waals surface area contributed by atoms with Crippen molar-refractivity contribution in [3.05, 3.63) is 29.8 Å². The maximum atomic E-state index is 11.9. The Balaban J connectivity index is 2.56. The predicted octanol–water partition coefficient (Wildman–Crippen LogP) is 1.84. The van der Waals surface area contributed by atoms with Crippen molar-refractivity contribution in [3.8, 4) is 5.75 Å². The zero-order valence-electron chi connectivity index (χ0n) is 9.07. The van der Waals surface area contributed by atoms with Crippen molar-refractivity contribution in [2.24, 2.45) is 5.73 Å². The van der Waals surface area contributed by atoms with Crippen molar-refractivity contribution in [3.63, 3.8) is 0 Å². The average molecular weight is 249 g/mol. The van der Waals surface area contributed by atoms with Crippen LogP contribution in [0.2, 0.25) is 0 Å². The fourth-order valence-electron chi connectivity index (χ4n) is 1.39. The summed E-state index contributed by atoms with van der Waals surface area (Å²) >= 11 is 0. The number of ether oxygens (including phenoxy) is 1. The number of aliphatic hydroxyl groups excluding tert-OH is 1. The van der Waals surface area contributed by atoms with Crippen LogP contribution in [-0.2, 0) is 6.42 Å². The van der Waals surface area contributed by atoms with Crippen molar-refractivity contribution in [1.82, 2.24) is 0 Å². The summed E-state index contributed by atoms with van der Waals surface area (Å²) in [5.41, 5.74) is 6.01. The lowest BCUT2D eigenvalue weighted by molar-refractivity contribution is -0.274. The van der Waals surface area contributed by atoms with Crippen LogP contribution in [0.4, 0.5) is 13.2 Å². The predicted molar refractivity (Wildman–Crippen MR) is 56.5 cm³/mol. The number of halogens is 3. The van der Waals surface area contributed by atoms with Gasteiger partial charge in [0.25, 0.3) is 0 Å². The molecule has 0 spiro atoms. The van der Waals surface area contributed by atoms with E-state index in [0.717, 1.165) is 5.56 Å². The van der Waals surface area contributed by atoms with E-state index < -0.39 is 12.5 Å². The van der Waals surface area contributed by atoms with Crippen LogP contribution in [-0.4, -0.2) is 24.1 Å². The molecule has 0 aromatic heterocycles. The van der Waals surface area contributed by atoms with Gasteiger partial charge >= 0.3 is 6.36 Å². The Morgan fingerprint density at radius 3 is 2.29 bits per heavy atom. The van der Waals surface area contributed by atoms with Crippen LogP contribution in [0.15, 0.2) is 24.3 Å². The van der Waals surface area contributed by atoms with Crippen LogP contribution in [0.1, 0.15) is 12.0 Å². The third-order valence-corrected chi connectivity index (χ3v) is 2.13. The second-order valence-electron chi connectivity index (χ2n) is 3.63. The van der Waals surface area contributed by atoms with E-state index in [1.54, 1.807) is 0 Å². The summed E-state index contributed by atoms with van der Waals surface area (Å²) in [5, 5.41) is 9.47. The number of alkyl halides is 3. The van der Waals surface area contributed by atoms with Crippen LogP contribution in [0.3, 0.4) is 0 Å². The quantitative estimate of drug-likeness (QED) is 0.837. The van der Waals surface area contributed by atoms with E-state index in [1.165, 1.54) is 24.3 Å². The van der Waals surface area contributed by atoms with Gasteiger partial charge in [0.15, 0.2) is 0 Å². The largest absolute Gasteiger partial charge is 0.573 e. The zero-order chi connectivity index (χ0) is 12.9. The summed E-state index contributed by atoms with van der Waals surface area (Å²) in [6, 6.07) is 5.41. The normalized spacial score (nSPS) is 13.5. The van der Waals surface area contributed by atoms with Crippen LogP contribution in [0.5, 0.6) is 5.75 Å². The van der Waals surface area contributed by atoms with Crippen molar-refractivity contribution >= 4 is 0 Å². The van der Waals surface area contributed by atoms with Gasteiger partial charge in [-0.15, -0.1) is 13.2 Å². The van der Waals surface area contributed by atoms with Gasteiger partial charge < -0.3 is 15.6 Å². The lowest BCUT2D eigenvalue weighted by atomic mass is 10.1. The highest BCUT2D eigenvalue weighted by atomic mass is 19.4. The lowest BCUT2D eigenvalue weighted by Crippen LogP contribution is -2.17. The van der Waals surface area contributed by atoms with Gasteiger partial charge in [-0.25, -0.2) is 0 Å². The molecule has 0 aliphatic heterocycles. The Labute approximate surface area is 97.0 Å². The summed E-state index contributed by atoms with van der Waals surface area (Å²) in [4.78, 5) is 0. The SMILES string of the molecule is NCCC(O)Cc1ccc(OC(F)(F)F)cc1. The Morgan fingerprint density at radius 2 is 1.82 bits per heavy atom. The zero-order valence-corrected chi connectivity index (χ0v) is 9.07. The van der Waals surface area contributed by atoms with Gasteiger partial charge in [-0.1, -0.05) is 12.1 Å². The molecule has 0 bridgehead atoms. The molecule has 0 aliphatic rings. The first-order chi connectivity index (χ1) is 7.90. The molecule has 0 amide bonds. The monoisotopic (exact) mass is 249 g/mol. The Morgan fingerprint density at radius 1 is 1.24 bits per heavy atom. The molecule has 3 nitrogen and oxygen atoms in total. The molecule has 0 radical (unpaired) electrons. The average Bonchev–Trinajstić information content (AvgIpc) is 2.19. The molecule has 3 N–H and O–H groups in total. The number of nitrogens with two attached hydrogens (primary N) is 1. The van der Waals surface area contributed by atoms with E-state index in [2.05, 4.69) is 4.74 Å². The summed E-state index contributed by atoms with van der Waals surface area (Å²) in [6.07, 6.45) is -4.43. The van der Waals surface area contributed by atoms with Crippen LogP contribution in [0.25, 0.3) is 0 Å². The molecular formula is C11H14F3NO2. The molecule has 0 saturated heterocycles. The maximum absolute atomic E-state index is 11.9. The highest BCUT2D eigenvalue weighted by molar-refractivity contribution is 5.27. The molecule has 1 atom stereocenters. The van der Waals surface area contributed by atoms with E-state index >= 15 is 0 Å². The molecule has 6 heteroatoms. The highest BCUT2D eigenvalue weighted by Crippen LogP contribution is 2.23. The standard InChI is InChI=1S/C11H14F3NO2/c12-11(13,14)17-10-3-1-8(2-4-10)7-9(16)5-6-15/h1-4,9,16H,5-7,15H2. The topological polar surface area (TPSA) is 55.5 Å². The Bertz CT molecular complexity index is 338. The molecule has 0 fully saturated rings.